The Morgan fingerprint density at radius 2 is 2.07 bits per heavy atom. The van der Waals surface area contributed by atoms with Crippen molar-refractivity contribution in [2.75, 3.05) is 31.0 Å². The lowest BCUT2D eigenvalue weighted by Gasteiger charge is -2.38. The van der Waals surface area contributed by atoms with E-state index in [2.05, 4.69) is 10.3 Å². The molecule has 8 heteroatoms. The minimum atomic E-state index is -1.75. The van der Waals surface area contributed by atoms with Crippen LogP contribution >= 0.6 is 0 Å². The molecule has 0 aliphatic carbocycles. The minimum absolute atomic E-state index is 0.359. The van der Waals surface area contributed by atoms with E-state index in [0.29, 0.717) is 35.3 Å². The fourth-order valence-corrected chi connectivity index (χ4v) is 2.87. The Bertz CT molecular complexity index is 885. The smallest absolute Gasteiger partial charge is 0.282 e. The number of nitrogens with one attached hydrogen (secondary N) is 1. The van der Waals surface area contributed by atoms with Crippen LogP contribution in [0.2, 0.25) is 0 Å². The van der Waals surface area contributed by atoms with Crippen LogP contribution in [0.5, 0.6) is 17.2 Å². The van der Waals surface area contributed by atoms with E-state index in [9.17, 15) is 9.59 Å². The molecule has 1 atom stereocenters. The molecule has 0 saturated heterocycles. The molecule has 1 aromatic heterocycles. The van der Waals surface area contributed by atoms with Crippen molar-refractivity contribution >= 4 is 23.3 Å². The van der Waals surface area contributed by atoms with Gasteiger partial charge in [-0.1, -0.05) is 0 Å². The quantitative estimate of drug-likeness (QED) is 0.811. The normalized spacial score (nSPS) is 18.4. The molecule has 0 fully saturated rings. The zero-order valence-electron chi connectivity index (χ0n) is 15.6. The van der Waals surface area contributed by atoms with Gasteiger partial charge < -0.3 is 19.5 Å². The number of ether oxygens (including phenoxy) is 3. The van der Waals surface area contributed by atoms with Gasteiger partial charge in [-0.2, -0.15) is 0 Å². The molecule has 0 saturated carbocycles. The highest BCUT2D eigenvalue weighted by atomic mass is 16.5. The summed E-state index contributed by atoms with van der Waals surface area (Å²) in [7, 11) is 3.01. The van der Waals surface area contributed by atoms with Gasteiger partial charge in [-0.3, -0.25) is 14.5 Å². The van der Waals surface area contributed by atoms with Crippen molar-refractivity contribution in [1.29, 1.82) is 0 Å². The molecular formula is C19H21N3O5. The van der Waals surface area contributed by atoms with E-state index in [1.165, 1.54) is 26.0 Å². The first-order valence-electron chi connectivity index (χ1n) is 8.44. The van der Waals surface area contributed by atoms with Crippen LogP contribution in [-0.2, 0) is 9.59 Å². The lowest BCUT2D eigenvalue weighted by molar-refractivity contribution is -0.145. The summed E-state index contributed by atoms with van der Waals surface area (Å²) in [4.78, 5) is 31.7. The van der Waals surface area contributed by atoms with Crippen LogP contribution in [0.1, 0.15) is 13.8 Å². The van der Waals surface area contributed by atoms with E-state index in [1.807, 2.05) is 6.92 Å². The highest BCUT2D eigenvalue weighted by molar-refractivity contribution is 6.19. The van der Waals surface area contributed by atoms with Crippen molar-refractivity contribution in [2.24, 2.45) is 0 Å². The van der Waals surface area contributed by atoms with Crippen molar-refractivity contribution < 1.29 is 23.8 Å². The third-order valence-corrected chi connectivity index (χ3v) is 4.38. The number of carbonyl (C=O) groups is 2. The maximum Gasteiger partial charge on any atom is 0.282 e. The second-order valence-electron chi connectivity index (χ2n) is 6.03. The zero-order chi connectivity index (χ0) is 19.6. The summed E-state index contributed by atoms with van der Waals surface area (Å²) in [5.74, 6) is 0.633. The lowest BCUT2D eigenvalue weighted by Crippen LogP contribution is -2.60. The maximum atomic E-state index is 13.0. The topological polar surface area (TPSA) is 90.0 Å². The van der Waals surface area contributed by atoms with Crippen molar-refractivity contribution in [3.8, 4) is 17.2 Å². The van der Waals surface area contributed by atoms with E-state index < -0.39 is 17.4 Å². The van der Waals surface area contributed by atoms with Gasteiger partial charge in [0, 0.05) is 18.8 Å². The standard InChI is InChI=1S/C19H21N3O5/c1-5-22-16-15(7-6-10-20-16)27-19(2,18(22)24)17(23)21-13-11-12(25-3)8-9-14(13)26-4/h6-11H,5H2,1-4H3,(H,21,23)/t19-/m0/s1. The fourth-order valence-electron chi connectivity index (χ4n) is 2.87. The van der Waals surface area contributed by atoms with E-state index >= 15 is 0 Å². The third kappa shape index (κ3) is 3.14. The molecule has 0 unspecified atom stereocenters. The lowest BCUT2D eigenvalue weighted by atomic mass is 10.0. The van der Waals surface area contributed by atoms with Gasteiger partial charge in [-0.05, 0) is 38.1 Å². The Hall–Kier alpha value is -3.29. The van der Waals surface area contributed by atoms with Gasteiger partial charge in [0.2, 0.25) is 0 Å². The molecule has 1 N–H and O–H groups in total. The Kier molecular flexibility index (Phi) is 4.89. The number of hydrogen-bond donors (Lipinski definition) is 1. The monoisotopic (exact) mass is 371 g/mol. The number of carbonyl (C=O) groups excluding carboxylic acids is 2. The van der Waals surface area contributed by atoms with E-state index in [-0.39, 0.29) is 0 Å². The Balaban J connectivity index is 1.96. The second kappa shape index (κ2) is 7.14. The van der Waals surface area contributed by atoms with Gasteiger partial charge in [0.15, 0.2) is 11.6 Å². The molecule has 142 valence electrons. The summed E-state index contributed by atoms with van der Waals surface area (Å²) in [6.07, 6.45) is 1.57. The predicted octanol–water partition coefficient (Wildman–Crippen LogP) is 2.24. The zero-order valence-corrected chi connectivity index (χ0v) is 15.6. The van der Waals surface area contributed by atoms with Crippen molar-refractivity contribution in [1.82, 2.24) is 4.98 Å². The molecule has 1 aromatic carbocycles. The van der Waals surface area contributed by atoms with Crippen LogP contribution in [0.15, 0.2) is 36.5 Å². The molecule has 0 bridgehead atoms. The first kappa shape index (κ1) is 18.5. The molecule has 27 heavy (non-hydrogen) atoms. The number of fused-ring (bicyclic) bond motifs is 1. The molecule has 1 aliphatic heterocycles. The number of likely N-dealkylation sites (N-methyl/N-ethyl adjacent to an activating group) is 1. The number of methoxy groups -OCH3 is 2. The van der Waals surface area contributed by atoms with Gasteiger partial charge in [-0.15, -0.1) is 0 Å². The van der Waals surface area contributed by atoms with Crippen LogP contribution in [0.4, 0.5) is 11.5 Å². The van der Waals surface area contributed by atoms with Crippen LogP contribution in [0, 0.1) is 0 Å². The molecule has 8 nitrogen and oxygen atoms in total. The Morgan fingerprint density at radius 3 is 2.74 bits per heavy atom. The first-order chi connectivity index (χ1) is 12.9. The van der Waals surface area contributed by atoms with Crippen LogP contribution in [0.25, 0.3) is 0 Å². The molecule has 0 spiro atoms. The number of pyridine rings is 1. The number of aromatic nitrogens is 1. The number of amides is 2. The SMILES string of the molecule is CCN1C(=O)[C@](C)(C(=O)Nc2cc(OC)ccc2OC)Oc2cccnc21. The number of nitrogens with zero attached hydrogens (tertiary/aromatic N) is 2. The molecule has 2 amide bonds. The van der Waals surface area contributed by atoms with Gasteiger partial charge >= 0.3 is 0 Å². The van der Waals surface area contributed by atoms with Crippen LogP contribution < -0.4 is 24.4 Å². The van der Waals surface area contributed by atoms with Crippen molar-refractivity contribution in [3.05, 3.63) is 36.5 Å². The summed E-state index contributed by atoms with van der Waals surface area (Å²) in [5.41, 5.74) is -1.38. The minimum Gasteiger partial charge on any atom is -0.497 e. The summed E-state index contributed by atoms with van der Waals surface area (Å²) < 4.78 is 16.3. The van der Waals surface area contributed by atoms with Crippen LogP contribution in [-0.4, -0.2) is 43.2 Å². The number of rotatable bonds is 5. The summed E-state index contributed by atoms with van der Waals surface area (Å²) in [6, 6.07) is 8.35. The highest BCUT2D eigenvalue weighted by Crippen LogP contribution is 2.37. The summed E-state index contributed by atoms with van der Waals surface area (Å²) in [5, 5.41) is 2.72. The first-order valence-corrected chi connectivity index (χ1v) is 8.44. The number of anilines is 2. The van der Waals surface area contributed by atoms with Gasteiger partial charge in [0.25, 0.3) is 17.4 Å². The second-order valence-corrected chi connectivity index (χ2v) is 6.03. The Morgan fingerprint density at radius 1 is 1.30 bits per heavy atom. The molecule has 2 aromatic rings. The van der Waals surface area contributed by atoms with Crippen molar-refractivity contribution in [2.45, 2.75) is 19.4 Å². The van der Waals surface area contributed by atoms with Gasteiger partial charge in [-0.25, -0.2) is 4.98 Å². The fraction of sp³-hybridized carbons (Fsp3) is 0.316. The average Bonchev–Trinajstić information content (AvgIpc) is 2.68. The van der Waals surface area contributed by atoms with Crippen molar-refractivity contribution in [3.63, 3.8) is 0 Å². The molecule has 3 rings (SSSR count). The van der Waals surface area contributed by atoms with E-state index in [1.54, 1.807) is 36.5 Å². The molecule has 1 aliphatic rings. The average molecular weight is 371 g/mol. The van der Waals surface area contributed by atoms with Gasteiger partial charge in [0.1, 0.15) is 11.5 Å². The number of hydrogen-bond acceptors (Lipinski definition) is 6. The summed E-state index contributed by atoms with van der Waals surface area (Å²) in [6.45, 7) is 3.61. The Labute approximate surface area is 157 Å². The highest BCUT2D eigenvalue weighted by Gasteiger charge is 2.51. The van der Waals surface area contributed by atoms with E-state index in [4.69, 9.17) is 14.2 Å². The molecular weight excluding hydrogens is 350 g/mol. The van der Waals surface area contributed by atoms with E-state index in [0.717, 1.165) is 0 Å². The maximum absolute atomic E-state index is 13.0. The van der Waals surface area contributed by atoms with Crippen LogP contribution in [0.3, 0.4) is 0 Å². The molecule has 0 radical (unpaired) electrons. The number of benzene rings is 1. The van der Waals surface area contributed by atoms with Gasteiger partial charge in [0.05, 0.1) is 19.9 Å². The largest absolute Gasteiger partial charge is 0.497 e. The summed E-state index contributed by atoms with van der Waals surface area (Å²) >= 11 is 0. The predicted molar refractivity (Wildman–Crippen MR) is 99.5 cm³/mol. The third-order valence-electron chi connectivity index (χ3n) is 4.38. The molecule has 2 heterocycles.